The molecule has 0 aliphatic carbocycles. The van der Waals surface area contributed by atoms with E-state index < -0.39 is 0 Å². The molecule has 0 unspecified atom stereocenters. The summed E-state index contributed by atoms with van der Waals surface area (Å²) >= 11 is 1.60. The maximum Gasteiger partial charge on any atom is 0.262 e. The second-order valence-electron chi connectivity index (χ2n) is 5.34. The number of nitrogens with zero attached hydrogens (tertiary/aromatic N) is 1. The molecule has 3 rings (SSSR count). The Morgan fingerprint density at radius 3 is 2.60 bits per heavy atom. The van der Waals surface area contributed by atoms with Crippen molar-refractivity contribution in [2.45, 2.75) is 6.92 Å². The lowest BCUT2D eigenvalue weighted by molar-refractivity contribution is -0.118. The molecule has 0 saturated heterocycles. The first-order chi connectivity index (χ1) is 12.1. The van der Waals surface area contributed by atoms with Crippen LogP contribution >= 0.6 is 11.3 Å². The zero-order chi connectivity index (χ0) is 17.6. The smallest absolute Gasteiger partial charge is 0.262 e. The monoisotopic (exact) mass is 354 g/mol. The minimum Gasteiger partial charge on any atom is -0.497 e. The lowest BCUT2D eigenvalue weighted by Gasteiger charge is -2.09. The second kappa shape index (κ2) is 7.81. The third kappa shape index (κ3) is 4.58. The fourth-order valence-corrected chi connectivity index (χ4v) is 2.89. The summed E-state index contributed by atoms with van der Waals surface area (Å²) in [4.78, 5) is 16.5. The van der Waals surface area contributed by atoms with E-state index >= 15 is 0 Å². The van der Waals surface area contributed by atoms with Gasteiger partial charge >= 0.3 is 0 Å². The number of anilines is 1. The van der Waals surface area contributed by atoms with Crippen molar-refractivity contribution in [3.8, 4) is 22.8 Å². The summed E-state index contributed by atoms with van der Waals surface area (Å²) in [5, 5.41) is 5.85. The van der Waals surface area contributed by atoms with Gasteiger partial charge < -0.3 is 14.8 Å². The summed E-state index contributed by atoms with van der Waals surface area (Å²) in [5.41, 5.74) is 2.60. The Balaban J connectivity index is 1.59. The van der Waals surface area contributed by atoms with Crippen molar-refractivity contribution in [1.29, 1.82) is 0 Å². The van der Waals surface area contributed by atoms with E-state index in [2.05, 4.69) is 10.3 Å². The number of hydrogen-bond acceptors (Lipinski definition) is 5. The van der Waals surface area contributed by atoms with Gasteiger partial charge in [0.25, 0.3) is 5.91 Å². The number of aromatic nitrogens is 1. The van der Waals surface area contributed by atoms with Crippen LogP contribution in [0.5, 0.6) is 11.5 Å². The number of carbonyl (C=O) groups excluding carboxylic acids is 1. The first-order valence-corrected chi connectivity index (χ1v) is 8.61. The molecule has 0 aliphatic heterocycles. The van der Waals surface area contributed by atoms with Crippen LogP contribution in [0.15, 0.2) is 53.9 Å². The van der Waals surface area contributed by atoms with Crippen molar-refractivity contribution in [2.24, 2.45) is 0 Å². The molecule has 1 aromatic heterocycles. The normalized spacial score (nSPS) is 10.3. The molecule has 1 amide bonds. The minimum atomic E-state index is -0.220. The van der Waals surface area contributed by atoms with Crippen LogP contribution in [0.2, 0.25) is 0 Å². The first-order valence-electron chi connectivity index (χ1n) is 7.73. The maximum atomic E-state index is 12.1. The van der Waals surface area contributed by atoms with E-state index in [-0.39, 0.29) is 12.5 Å². The third-order valence-corrected chi connectivity index (χ3v) is 4.26. The fourth-order valence-electron chi connectivity index (χ4n) is 2.27. The summed E-state index contributed by atoms with van der Waals surface area (Å²) in [5.74, 6) is 1.14. The zero-order valence-corrected chi connectivity index (χ0v) is 14.8. The molecule has 2 aromatic carbocycles. The highest BCUT2D eigenvalue weighted by atomic mass is 32.1. The van der Waals surface area contributed by atoms with Gasteiger partial charge in [-0.1, -0.05) is 12.1 Å². The summed E-state index contributed by atoms with van der Waals surface area (Å²) < 4.78 is 10.6. The maximum absolute atomic E-state index is 12.1. The van der Waals surface area contributed by atoms with Crippen molar-refractivity contribution < 1.29 is 14.3 Å². The van der Waals surface area contributed by atoms with Crippen molar-refractivity contribution in [2.75, 3.05) is 19.0 Å². The number of nitrogens with one attached hydrogen (secondary N) is 1. The number of thiazole rings is 1. The molecular formula is C19H18N2O3S. The molecule has 0 aliphatic rings. The van der Waals surface area contributed by atoms with Crippen LogP contribution in [-0.4, -0.2) is 24.6 Å². The van der Waals surface area contributed by atoms with Gasteiger partial charge in [0.15, 0.2) is 6.61 Å². The Bertz CT molecular complexity index is 859. The molecule has 0 bridgehead atoms. The van der Waals surface area contributed by atoms with Gasteiger partial charge in [0.1, 0.15) is 11.5 Å². The van der Waals surface area contributed by atoms with E-state index in [1.54, 1.807) is 42.7 Å². The SMILES string of the molecule is COc1ccc(OCC(=O)Nc2cccc(-c3csc(C)n3)c2)cc1. The molecule has 3 aromatic rings. The number of aryl methyl sites for hydroxylation is 1. The van der Waals surface area contributed by atoms with Gasteiger partial charge in [-0.3, -0.25) is 4.79 Å². The Morgan fingerprint density at radius 1 is 1.16 bits per heavy atom. The molecule has 1 heterocycles. The Morgan fingerprint density at radius 2 is 1.92 bits per heavy atom. The van der Waals surface area contributed by atoms with Crippen LogP contribution in [0.1, 0.15) is 5.01 Å². The molecule has 0 fully saturated rings. The van der Waals surface area contributed by atoms with Crippen molar-refractivity contribution in [3.05, 3.63) is 58.9 Å². The number of amides is 1. The van der Waals surface area contributed by atoms with E-state index in [9.17, 15) is 4.79 Å². The standard InChI is InChI=1S/C19H18N2O3S/c1-13-20-18(12-25-13)14-4-3-5-15(10-14)21-19(22)11-24-17-8-6-16(23-2)7-9-17/h3-10,12H,11H2,1-2H3,(H,21,22). The summed E-state index contributed by atoms with van der Waals surface area (Å²) in [6, 6.07) is 14.7. The van der Waals surface area contributed by atoms with Crippen LogP contribution in [0.25, 0.3) is 11.3 Å². The number of benzene rings is 2. The van der Waals surface area contributed by atoms with Gasteiger partial charge in [0, 0.05) is 16.6 Å². The van der Waals surface area contributed by atoms with E-state index in [0.29, 0.717) is 11.4 Å². The number of carbonyl (C=O) groups is 1. The molecule has 6 heteroatoms. The average molecular weight is 354 g/mol. The van der Waals surface area contributed by atoms with Crippen molar-refractivity contribution >= 4 is 22.9 Å². The van der Waals surface area contributed by atoms with Gasteiger partial charge in [0.2, 0.25) is 0 Å². The van der Waals surface area contributed by atoms with Crippen LogP contribution < -0.4 is 14.8 Å². The Labute approximate surface area is 150 Å². The molecule has 0 saturated carbocycles. The van der Waals surface area contributed by atoms with E-state index in [4.69, 9.17) is 9.47 Å². The highest BCUT2D eigenvalue weighted by Crippen LogP contribution is 2.24. The van der Waals surface area contributed by atoms with Gasteiger partial charge in [-0.15, -0.1) is 11.3 Å². The summed E-state index contributed by atoms with van der Waals surface area (Å²) in [6.07, 6.45) is 0. The molecular weight excluding hydrogens is 336 g/mol. The van der Waals surface area contributed by atoms with Gasteiger partial charge in [-0.2, -0.15) is 0 Å². The second-order valence-corrected chi connectivity index (χ2v) is 6.41. The topological polar surface area (TPSA) is 60.5 Å². The molecule has 25 heavy (non-hydrogen) atoms. The highest BCUT2D eigenvalue weighted by Gasteiger charge is 2.07. The number of hydrogen-bond donors (Lipinski definition) is 1. The quantitative estimate of drug-likeness (QED) is 0.722. The fraction of sp³-hybridized carbons (Fsp3) is 0.158. The predicted molar refractivity (Wildman–Crippen MR) is 99.4 cm³/mol. The van der Waals surface area contributed by atoms with Crippen LogP contribution in [0.3, 0.4) is 0 Å². The molecule has 5 nitrogen and oxygen atoms in total. The third-order valence-electron chi connectivity index (χ3n) is 3.49. The Kier molecular flexibility index (Phi) is 5.30. The number of rotatable bonds is 6. The van der Waals surface area contributed by atoms with Gasteiger partial charge in [-0.25, -0.2) is 4.98 Å². The molecule has 128 valence electrons. The zero-order valence-electron chi connectivity index (χ0n) is 14.0. The highest BCUT2D eigenvalue weighted by molar-refractivity contribution is 7.09. The van der Waals surface area contributed by atoms with Crippen LogP contribution in [0, 0.1) is 6.92 Å². The number of methoxy groups -OCH3 is 1. The lowest BCUT2D eigenvalue weighted by Crippen LogP contribution is -2.20. The molecule has 0 spiro atoms. The molecule has 0 radical (unpaired) electrons. The largest absolute Gasteiger partial charge is 0.497 e. The van der Waals surface area contributed by atoms with E-state index in [1.165, 1.54) is 0 Å². The summed E-state index contributed by atoms with van der Waals surface area (Å²) in [7, 11) is 1.60. The van der Waals surface area contributed by atoms with E-state index in [0.717, 1.165) is 22.0 Å². The Hall–Kier alpha value is -2.86. The molecule has 0 atom stereocenters. The predicted octanol–water partition coefficient (Wildman–Crippen LogP) is 4.14. The number of ether oxygens (including phenoxy) is 2. The van der Waals surface area contributed by atoms with Crippen molar-refractivity contribution in [3.63, 3.8) is 0 Å². The lowest BCUT2D eigenvalue weighted by atomic mass is 10.1. The summed E-state index contributed by atoms with van der Waals surface area (Å²) in [6.45, 7) is 1.91. The van der Waals surface area contributed by atoms with Gasteiger partial charge in [-0.05, 0) is 43.3 Å². The van der Waals surface area contributed by atoms with Crippen LogP contribution in [-0.2, 0) is 4.79 Å². The van der Waals surface area contributed by atoms with E-state index in [1.807, 2.05) is 36.6 Å². The first kappa shape index (κ1) is 17.0. The minimum absolute atomic E-state index is 0.0631. The van der Waals surface area contributed by atoms with Crippen molar-refractivity contribution in [1.82, 2.24) is 4.98 Å². The van der Waals surface area contributed by atoms with Crippen LogP contribution in [0.4, 0.5) is 5.69 Å². The molecule has 1 N–H and O–H groups in total. The average Bonchev–Trinajstić information content (AvgIpc) is 3.07. The van der Waals surface area contributed by atoms with Gasteiger partial charge in [0.05, 0.1) is 17.8 Å².